The summed E-state index contributed by atoms with van der Waals surface area (Å²) in [5.41, 5.74) is 5.47. The number of anilines is 1. The van der Waals surface area contributed by atoms with Gasteiger partial charge in [-0.15, -0.1) is 0 Å². The standard InChI is InChI=1S/C14H8F3N3O/c15-7-5-8(16)11(9(17)6-7)13-12(14(18)21-20-13)10-3-1-2-4-19-10/h1-6H,18H2. The quantitative estimate of drug-likeness (QED) is 0.786. The zero-order valence-electron chi connectivity index (χ0n) is 10.5. The van der Waals surface area contributed by atoms with Crippen LogP contribution < -0.4 is 5.73 Å². The molecule has 0 unspecified atom stereocenters. The fourth-order valence-electron chi connectivity index (χ4n) is 2.00. The van der Waals surface area contributed by atoms with E-state index in [0.717, 1.165) is 0 Å². The fourth-order valence-corrected chi connectivity index (χ4v) is 2.00. The van der Waals surface area contributed by atoms with Gasteiger partial charge in [-0.2, -0.15) is 0 Å². The van der Waals surface area contributed by atoms with Crippen LogP contribution >= 0.6 is 0 Å². The van der Waals surface area contributed by atoms with Gasteiger partial charge in [-0.05, 0) is 12.1 Å². The number of nitrogen functional groups attached to an aromatic ring is 1. The maximum Gasteiger partial charge on any atom is 0.232 e. The number of nitrogens with two attached hydrogens (primary N) is 1. The molecule has 7 heteroatoms. The Kier molecular flexibility index (Phi) is 3.09. The van der Waals surface area contributed by atoms with Crippen molar-refractivity contribution in [2.75, 3.05) is 5.73 Å². The van der Waals surface area contributed by atoms with E-state index in [1.165, 1.54) is 6.20 Å². The highest BCUT2D eigenvalue weighted by molar-refractivity contribution is 5.85. The average molecular weight is 291 g/mol. The molecule has 21 heavy (non-hydrogen) atoms. The molecule has 2 heterocycles. The van der Waals surface area contributed by atoms with E-state index in [9.17, 15) is 13.2 Å². The number of rotatable bonds is 2. The normalized spacial score (nSPS) is 10.8. The predicted octanol–water partition coefficient (Wildman–Crippen LogP) is 3.40. The first-order chi connectivity index (χ1) is 10.1. The maximum absolute atomic E-state index is 13.9. The molecule has 2 N–H and O–H groups in total. The van der Waals surface area contributed by atoms with Gasteiger partial charge in [-0.3, -0.25) is 4.98 Å². The van der Waals surface area contributed by atoms with Crippen LogP contribution in [0.2, 0.25) is 0 Å². The molecule has 0 amide bonds. The van der Waals surface area contributed by atoms with Crippen molar-refractivity contribution in [1.82, 2.24) is 10.1 Å². The van der Waals surface area contributed by atoms with E-state index in [1.807, 2.05) is 0 Å². The molecule has 4 nitrogen and oxygen atoms in total. The molecule has 0 aliphatic carbocycles. The predicted molar refractivity (Wildman–Crippen MR) is 69.5 cm³/mol. The summed E-state index contributed by atoms with van der Waals surface area (Å²) in [4.78, 5) is 4.05. The summed E-state index contributed by atoms with van der Waals surface area (Å²) in [6, 6.07) is 6.06. The first-order valence-corrected chi connectivity index (χ1v) is 5.89. The van der Waals surface area contributed by atoms with Crippen molar-refractivity contribution in [3.05, 3.63) is 54.0 Å². The number of benzene rings is 1. The van der Waals surface area contributed by atoms with Crippen LogP contribution in [-0.2, 0) is 0 Å². The zero-order valence-corrected chi connectivity index (χ0v) is 10.5. The summed E-state index contributed by atoms with van der Waals surface area (Å²) in [5.74, 6) is -3.35. The van der Waals surface area contributed by atoms with Gasteiger partial charge in [0.25, 0.3) is 0 Å². The Balaban J connectivity index is 2.27. The number of pyridine rings is 1. The summed E-state index contributed by atoms with van der Waals surface area (Å²) in [7, 11) is 0. The molecule has 3 aromatic rings. The highest BCUT2D eigenvalue weighted by atomic mass is 19.1. The minimum absolute atomic E-state index is 0.133. The van der Waals surface area contributed by atoms with Gasteiger partial charge in [0.2, 0.25) is 5.88 Å². The lowest BCUT2D eigenvalue weighted by molar-refractivity contribution is 0.437. The van der Waals surface area contributed by atoms with Crippen LogP contribution in [0.5, 0.6) is 0 Å². The van der Waals surface area contributed by atoms with Crippen LogP contribution in [0.15, 0.2) is 41.1 Å². The molecule has 106 valence electrons. The lowest BCUT2D eigenvalue weighted by Crippen LogP contribution is -1.96. The summed E-state index contributed by atoms with van der Waals surface area (Å²) in [5, 5.41) is 3.57. The van der Waals surface area contributed by atoms with E-state index in [2.05, 4.69) is 10.1 Å². The molecule has 0 radical (unpaired) electrons. The molecule has 3 rings (SSSR count). The molecule has 0 saturated heterocycles. The first kappa shape index (κ1) is 13.2. The van der Waals surface area contributed by atoms with E-state index in [1.54, 1.807) is 18.2 Å². The summed E-state index contributed by atoms with van der Waals surface area (Å²) >= 11 is 0. The highest BCUT2D eigenvalue weighted by Gasteiger charge is 2.24. The fraction of sp³-hybridized carbons (Fsp3) is 0. The van der Waals surface area contributed by atoms with Crippen LogP contribution in [0.25, 0.3) is 22.5 Å². The second-order valence-electron chi connectivity index (χ2n) is 4.23. The molecular formula is C14H8F3N3O. The molecule has 0 saturated carbocycles. The van der Waals surface area contributed by atoms with Crippen molar-refractivity contribution in [2.24, 2.45) is 0 Å². The van der Waals surface area contributed by atoms with Crippen molar-refractivity contribution in [1.29, 1.82) is 0 Å². The Bertz CT molecular complexity index is 779. The average Bonchev–Trinajstić information content (AvgIpc) is 2.80. The molecule has 0 aliphatic heterocycles. The third-order valence-corrected chi connectivity index (χ3v) is 2.88. The third-order valence-electron chi connectivity index (χ3n) is 2.88. The van der Waals surface area contributed by atoms with Crippen LogP contribution in [-0.4, -0.2) is 10.1 Å². The largest absolute Gasteiger partial charge is 0.367 e. The molecular weight excluding hydrogens is 283 g/mol. The van der Waals surface area contributed by atoms with Gasteiger partial charge in [0.1, 0.15) is 23.1 Å². The van der Waals surface area contributed by atoms with Crippen LogP contribution in [0.3, 0.4) is 0 Å². The number of aromatic nitrogens is 2. The summed E-state index contributed by atoms with van der Waals surface area (Å²) in [6.07, 6.45) is 1.49. The van der Waals surface area contributed by atoms with Crippen LogP contribution in [0.4, 0.5) is 19.1 Å². The number of hydrogen-bond donors (Lipinski definition) is 1. The molecule has 0 bridgehead atoms. The van der Waals surface area contributed by atoms with Gasteiger partial charge in [-0.1, -0.05) is 11.2 Å². The zero-order chi connectivity index (χ0) is 15.0. The van der Waals surface area contributed by atoms with Gasteiger partial charge in [0.15, 0.2) is 0 Å². The van der Waals surface area contributed by atoms with Crippen LogP contribution in [0.1, 0.15) is 0 Å². The first-order valence-electron chi connectivity index (χ1n) is 5.89. The van der Waals surface area contributed by atoms with Crippen molar-refractivity contribution in [3.63, 3.8) is 0 Å². The topological polar surface area (TPSA) is 64.9 Å². The molecule has 0 atom stereocenters. The van der Waals surface area contributed by atoms with E-state index in [0.29, 0.717) is 17.8 Å². The van der Waals surface area contributed by atoms with Gasteiger partial charge in [0.05, 0.1) is 16.8 Å². The Labute approximate surface area is 117 Å². The van der Waals surface area contributed by atoms with E-state index < -0.39 is 23.0 Å². The number of nitrogens with zero attached hydrogens (tertiary/aromatic N) is 2. The minimum Gasteiger partial charge on any atom is -0.367 e. The summed E-state index contributed by atoms with van der Waals surface area (Å²) < 4.78 is 45.6. The smallest absolute Gasteiger partial charge is 0.232 e. The lowest BCUT2D eigenvalue weighted by atomic mass is 10.0. The van der Waals surface area contributed by atoms with Gasteiger partial charge < -0.3 is 10.3 Å². The second kappa shape index (κ2) is 4.93. The minimum atomic E-state index is -1.10. The number of hydrogen-bond acceptors (Lipinski definition) is 4. The van der Waals surface area contributed by atoms with Crippen molar-refractivity contribution in [3.8, 4) is 22.5 Å². The van der Waals surface area contributed by atoms with Gasteiger partial charge in [0, 0.05) is 18.3 Å². The van der Waals surface area contributed by atoms with Crippen LogP contribution in [0, 0.1) is 17.5 Å². The Hall–Kier alpha value is -2.83. The van der Waals surface area contributed by atoms with E-state index >= 15 is 0 Å². The van der Waals surface area contributed by atoms with Gasteiger partial charge in [-0.25, -0.2) is 13.2 Å². The molecule has 0 spiro atoms. The molecule has 2 aromatic heterocycles. The van der Waals surface area contributed by atoms with Crippen molar-refractivity contribution >= 4 is 5.88 Å². The lowest BCUT2D eigenvalue weighted by Gasteiger charge is -2.05. The Morgan fingerprint density at radius 3 is 2.33 bits per heavy atom. The van der Waals surface area contributed by atoms with E-state index in [-0.39, 0.29) is 17.1 Å². The maximum atomic E-state index is 13.9. The Morgan fingerprint density at radius 1 is 1.00 bits per heavy atom. The highest BCUT2D eigenvalue weighted by Crippen LogP contribution is 2.37. The van der Waals surface area contributed by atoms with Gasteiger partial charge >= 0.3 is 0 Å². The Morgan fingerprint density at radius 2 is 1.71 bits per heavy atom. The SMILES string of the molecule is Nc1onc(-c2c(F)cc(F)cc2F)c1-c1ccccn1. The summed E-state index contributed by atoms with van der Waals surface area (Å²) in [6.45, 7) is 0. The third kappa shape index (κ3) is 2.22. The molecule has 1 aromatic carbocycles. The number of halogens is 3. The monoisotopic (exact) mass is 291 g/mol. The second-order valence-corrected chi connectivity index (χ2v) is 4.23. The molecule has 0 fully saturated rings. The van der Waals surface area contributed by atoms with Crippen molar-refractivity contribution < 1.29 is 17.7 Å². The molecule has 0 aliphatic rings. The van der Waals surface area contributed by atoms with E-state index in [4.69, 9.17) is 10.3 Å². The van der Waals surface area contributed by atoms with Crippen molar-refractivity contribution in [2.45, 2.75) is 0 Å².